The van der Waals surface area contributed by atoms with Crippen LogP contribution in [0.25, 0.3) is 10.7 Å². The molecule has 1 fully saturated rings. The van der Waals surface area contributed by atoms with E-state index >= 15 is 0 Å². The fraction of sp³-hybridized carbons (Fsp3) is 0.435. The number of carbonyl (C=O) groups excluding carboxylic acids is 1. The van der Waals surface area contributed by atoms with Gasteiger partial charge in [0.15, 0.2) is 0 Å². The lowest BCUT2D eigenvalue weighted by Gasteiger charge is -2.33. The summed E-state index contributed by atoms with van der Waals surface area (Å²) in [7, 11) is 2.19. The van der Waals surface area contributed by atoms with Crippen molar-refractivity contribution in [3.05, 3.63) is 53.2 Å². The summed E-state index contributed by atoms with van der Waals surface area (Å²) >= 11 is 1.56. The lowest BCUT2D eigenvalue weighted by Crippen LogP contribution is -2.33. The Hall–Kier alpha value is -2.67. The van der Waals surface area contributed by atoms with E-state index in [1.165, 1.54) is 37.8 Å². The van der Waals surface area contributed by atoms with E-state index in [2.05, 4.69) is 51.7 Å². The van der Waals surface area contributed by atoms with Gasteiger partial charge in [-0.1, -0.05) is 42.6 Å². The second-order valence-corrected chi connectivity index (χ2v) is 8.78. The van der Waals surface area contributed by atoms with E-state index in [0.717, 1.165) is 10.4 Å². The Bertz CT molecular complexity index is 931. The highest BCUT2D eigenvalue weighted by Gasteiger charge is 2.18. The lowest BCUT2D eigenvalue weighted by atomic mass is 9.94. The van der Waals surface area contributed by atoms with Crippen molar-refractivity contribution in [1.29, 1.82) is 0 Å². The molecule has 1 aliphatic carbocycles. The van der Waals surface area contributed by atoms with Gasteiger partial charge in [-0.15, -0.1) is 11.3 Å². The van der Waals surface area contributed by atoms with Crippen LogP contribution in [0.15, 0.2) is 46.3 Å². The highest BCUT2D eigenvalue weighted by atomic mass is 32.1. The molecular weight excluding hydrogens is 396 g/mol. The molecule has 158 valence electrons. The molecule has 0 unspecified atom stereocenters. The molecule has 6 nitrogen and oxygen atoms in total. The molecule has 0 saturated heterocycles. The first-order valence-corrected chi connectivity index (χ1v) is 11.5. The van der Waals surface area contributed by atoms with E-state index in [1.54, 1.807) is 11.3 Å². The first-order chi connectivity index (χ1) is 14.7. The zero-order valence-electron chi connectivity index (χ0n) is 17.3. The molecule has 3 aromatic rings. The summed E-state index contributed by atoms with van der Waals surface area (Å²) in [6.45, 7) is 0.524. The zero-order chi connectivity index (χ0) is 20.8. The molecule has 4 rings (SSSR count). The Labute approximate surface area is 181 Å². The Morgan fingerprint density at radius 3 is 2.73 bits per heavy atom. The monoisotopic (exact) mass is 424 g/mol. The standard InChI is InChI=1S/C23H28N4O2S/c1-27(18-6-3-2-4-7-18)19-11-9-17(10-12-19)16-24-21(28)13-14-22-25-23(26-29-22)20-8-5-15-30-20/h5,8-12,15,18H,2-4,6-7,13-14,16H2,1H3,(H,24,28). The van der Waals surface area contributed by atoms with Crippen molar-refractivity contribution in [3.8, 4) is 10.7 Å². The Morgan fingerprint density at radius 2 is 2.00 bits per heavy atom. The van der Waals surface area contributed by atoms with Crippen molar-refractivity contribution in [3.63, 3.8) is 0 Å². The topological polar surface area (TPSA) is 71.3 Å². The van der Waals surface area contributed by atoms with Crippen LogP contribution >= 0.6 is 11.3 Å². The van der Waals surface area contributed by atoms with Crippen LogP contribution in [0.3, 0.4) is 0 Å². The largest absolute Gasteiger partial charge is 0.372 e. The minimum atomic E-state index is -0.0192. The predicted octanol–water partition coefficient (Wildman–Crippen LogP) is 4.82. The summed E-state index contributed by atoms with van der Waals surface area (Å²) in [5.41, 5.74) is 2.34. The number of amides is 1. The Balaban J connectivity index is 1.22. The van der Waals surface area contributed by atoms with E-state index in [4.69, 9.17) is 4.52 Å². The molecular formula is C23H28N4O2S. The maximum absolute atomic E-state index is 12.2. The van der Waals surface area contributed by atoms with Crippen molar-refractivity contribution in [2.45, 2.75) is 57.5 Å². The highest BCUT2D eigenvalue weighted by molar-refractivity contribution is 7.13. The average molecular weight is 425 g/mol. The number of hydrogen-bond donors (Lipinski definition) is 1. The number of carbonyl (C=O) groups is 1. The molecule has 2 heterocycles. The minimum Gasteiger partial charge on any atom is -0.372 e. The van der Waals surface area contributed by atoms with Crippen molar-refractivity contribution in [2.24, 2.45) is 0 Å². The summed E-state index contributed by atoms with van der Waals surface area (Å²) in [6, 6.07) is 13.0. The molecule has 1 N–H and O–H groups in total. The van der Waals surface area contributed by atoms with Gasteiger partial charge in [-0.05, 0) is 42.0 Å². The summed E-state index contributed by atoms with van der Waals surface area (Å²) < 4.78 is 5.25. The van der Waals surface area contributed by atoms with E-state index in [-0.39, 0.29) is 5.91 Å². The average Bonchev–Trinajstić information content (AvgIpc) is 3.49. The highest BCUT2D eigenvalue weighted by Crippen LogP contribution is 2.26. The molecule has 1 aromatic carbocycles. The number of thiophene rings is 1. The molecule has 2 aromatic heterocycles. The van der Waals surface area contributed by atoms with Gasteiger partial charge in [-0.3, -0.25) is 4.79 Å². The molecule has 1 aliphatic rings. The molecule has 1 amide bonds. The van der Waals surface area contributed by atoms with Crippen LogP contribution in [0.4, 0.5) is 5.69 Å². The number of anilines is 1. The molecule has 0 aliphatic heterocycles. The molecule has 0 spiro atoms. The number of rotatable bonds is 8. The van der Waals surface area contributed by atoms with Crippen LogP contribution in [0.1, 0.15) is 50.0 Å². The quantitative estimate of drug-likeness (QED) is 0.561. The number of nitrogens with zero attached hydrogens (tertiary/aromatic N) is 3. The van der Waals surface area contributed by atoms with Gasteiger partial charge in [-0.25, -0.2) is 0 Å². The van der Waals surface area contributed by atoms with Gasteiger partial charge >= 0.3 is 0 Å². The SMILES string of the molecule is CN(c1ccc(CNC(=O)CCc2nc(-c3cccs3)no2)cc1)C1CCCCC1. The number of benzene rings is 1. The summed E-state index contributed by atoms with van der Waals surface area (Å²) in [5.74, 6) is 1.05. The van der Waals surface area contributed by atoms with Crippen LogP contribution in [0.5, 0.6) is 0 Å². The van der Waals surface area contributed by atoms with E-state index in [1.807, 2.05) is 17.5 Å². The Morgan fingerprint density at radius 1 is 1.20 bits per heavy atom. The van der Waals surface area contributed by atoms with E-state index in [9.17, 15) is 4.79 Å². The lowest BCUT2D eigenvalue weighted by molar-refractivity contribution is -0.121. The number of nitrogens with one attached hydrogen (secondary N) is 1. The molecule has 1 saturated carbocycles. The molecule has 0 radical (unpaired) electrons. The number of aromatic nitrogens is 2. The minimum absolute atomic E-state index is 0.0192. The molecule has 0 atom stereocenters. The van der Waals surface area contributed by atoms with Crippen LogP contribution in [0.2, 0.25) is 0 Å². The predicted molar refractivity (Wildman–Crippen MR) is 119 cm³/mol. The smallest absolute Gasteiger partial charge is 0.227 e. The van der Waals surface area contributed by atoms with Crippen LogP contribution < -0.4 is 10.2 Å². The number of aryl methyl sites for hydroxylation is 1. The molecule has 7 heteroatoms. The maximum atomic E-state index is 12.2. The molecule has 30 heavy (non-hydrogen) atoms. The van der Waals surface area contributed by atoms with Crippen LogP contribution in [0, 0.1) is 0 Å². The van der Waals surface area contributed by atoms with Gasteiger partial charge in [0.2, 0.25) is 17.6 Å². The van der Waals surface area contributed by atoms with Gasteiger partial charge in [0.05, 0.1) is 4.88 Å². The van der Waals surface area contributed by atoms with Gasteiger partial charge in [-0.2, -0.15) is 4.98 Å². The van der Waals surface area contributed by atoms with Crippen LogP contribution in [-0.2, 0) is 17.8 Å². The second kappa shape index (κ2) is 9.89. The van der Waals surface area contributed by atoms with Crippen molar-refractivity contribution in [2.75, 3.05) is 11.9 Å². The van der Waals surface area contributed by atoms with Crippen molar-refractivity contribution >= 4 is 22.9 Å². The molecule has 0 bridgehead atoms. The second-order valence-electron chi connectivity index (χ2n) is 7.83. The van der Waals surface area contributed by atoms with Gasteiger partial charge in [0.25, 0.3) is 0 Å². The summed E-state index contributed by atoms with van der Waals surface area (Å²) in [5, 5.41) is 8.92. The van der Waals surface area contributed by atoms with Gasteiger partial charge in [0, 0.05) is 38.2 Å². The Kier molecular flexibility index (Phi) is 6.79. The fourth-order valence-corrected chi connectivity index (χ4v) is 4.55. The van der Waals surface area contributed by atoms with E-state index in [0.29, 0.717) is 37.1 Å². The van der Waals surface area contributed by atoms with Crippen molar-refractivity contribution in [1.82, 2.24) is 15.5 Å². The third kappa shape index (κ3) is 5.27. The zero-order valence-corrected chi connectivity index (χ0v) is 18.2. The third-order valence-corrected chi connectivity index (χ3v) is 6.60. The summed E-state index contributed by atoms with van der Waals surface area (Å²) in [4.78, 5) is 19.9. The maximum Gasteiger partial charge on any atom is 0.227 e. The fourth-order valence-electron chi connectivity index (χ4n) is 3.90. The normalized spacial score (nSPS) is 14.6. The first-order valence-electron chi connectivity index (χ1n) is 10.6. The van der Waals surface area contributed by atoms with Gasteiger partial charge < -0.3 is 14.7 Å². The summed E-state index contributed by atoms with van der Waals surface area (Å²) in [6.07, 6.45) is 7.36. The first kappa shape index (κ1) is 20.6. The third-order valence-electron chi connectivity index (χ3n) is 5.73. The van der Waals surface area contributed by atoms with Crippen LogP contribution in [-0.4, -0.2) is 29.1 Å². The number of hydrogen-bond acceptors (Lipinski definition) is 6. The van der Waals surface area contributed by atoms with E-state index < -0.39 is 0 Å². The van der Waals surface area contributed by atoms with Crippen molar-refractivity contribution < 1.29 is 9.32 Å². The van der Waals surface area contributed by atoms with Gasteiger partial charge in [0.1, 0.15) is 0 Å².